The number of hydrogen-bond donors (Lipinski definition) is 0. The van der Waals surface area contributed by atoms with Crippen LogP contribution in [-0.2, 0) is 17.4 Å². The second kappa shape index (κ2) is 7.87. The predicted octanol–water partition coefficient (Wildman–Crippen LogP) is 6.46. The number of alkyl halides is 1. The van der Waals surface area contributed by atoms with E-state index >= 15 is 0 Å². The molecule has 3 aromatic rings. The van der Waals surface area contributed by atoms with Gasteiger partial charge >= 0.3 is 0 Å². The number of likely N-dealkylation sites (N-methyl/N-ethyl adjacent to an activating group) is 1. The summed E-state index contributed by atoms with van der Waals surface area (Å²) in [5, 5.41) is 5.41. The topological polar surface area (TPSA) is 56.9 Å². The number of benzene rings is 2. The molecule has 0 aliphatic carbocycles. The van der Waals surface area contributed by atoms with Gasteiger partial charge in [0.1, 0.15) is 5.82 Å². The molecule has 1 aromatic heterocycles. The molecule has 30 heavy (non-hydrogen) atoms. The minimum absolute atomic E-state index is 0.284. The van der Waals surface area contributed by atoms with Crippen LogP contribution in [0, 0.1) is 5.82 Å². The van der Waals surface area contributed by atoms with Gasteiger partial charge in [-0.05, 0) is 66.4 Å². The van der Waals surface area contributed by atoms with Crippen molar-refractivity contribution in [1.29, 1.82) is 0 Å². The van der Waals surface area contributed by atoms with Crippen molar-refractivity contribution in [3.05, 3.63) is 81.1 Å². The number of aromatic nitrogens is 1. The molecule has 3 heterocycles. The Bertz CT molecular complexity index is 1150. The second-order valence-electron chi connectivity index (χ2n) is 8.34. The summed E-state index contributed by atoms with van der Waals surface area (Å²) in [5.74, 6) is -0.284. The molecule has 5 nitrogen and oxygen atoms in total. The molecule has 2 aliphatic rings. The molecular weight excluding hydrogens is 492 g/mol. The summed E-state index contributed by atoms with van der Waals surface area (Å²) in [5.41, 5.74) is 15.4. The minimum atomic E-state index is -0.378. The molecule has 1 fully saturated rings. The fraction of sp³-hybridized carbons (Fsp3) is 0.391. The molecule has 0 spiro atoms. The Labute approximate surface area is 188 Å². The zero-order valence-corrected chi connectivity index (χ0v) is 19.0. The maximum atomic E-state index is 13.4. The van der Waals surface area contributed by atoms with Gasteiger partial charge in [0.25, 0.3) is 0 Å². The molecule has 2 bridgehead atoms. The molecule has 0 amide bonds. The number of rotatable bonds is 5. The largest absolute Gasteiger partial charge is 0.343 e. The Balaban J connectivity index is 1.66. The molecule has 0 N–H and O–H groups in total. The van der Waals surface area contributed by atoms with E-state index in [0.29, 0.717) is 18.6 Å². The van der Waals surface area contributed by atoms with E-state index in [4.69, 9.17) is 0 Å². The van der Waals surface area contributed by atoms with Gasteiger partial charge in [0.2, 0.25) is 0 Å². The van der Waals surface area contributed by atoms with Crippen LogP contribution >= 0.6 is 22.6 Å². The first-order chi connectivity index (χ1) is 14.6. The Kier molecular flexibility index (Phi) is 5.21. The monoisotopic (exact) mass is 515 g/mol. The summed E-state index contributed by atoms with van der Waals surface area (Å²) in [6.07, 6.45) is 3.43. The SMILES string of the molecule is CN1C2CCC1c1c(n(CC(N=[N+]=[N-])c3ccc(F)cc3)c3ccc(CI)cc13)C2. The van der Waals surface area contributed by atoms with E-state index in [1.807, 2.05) is 0 Å². The molecule has 0 radical (unpaired) electrons. The van der Waals surface area contributed by atoms with Crippen molar-refractivity contribution >= 4 is 33.5 Å². The molecule has 1 saturated heterocycles. The third kappa shape index (κ3) is 3.20. The van der Waals surface area contributed by atoms with E-state index in [0.717, 1.165) is 16.4 Å². The summed E-state index contributed by atoms with van der Waals surface area (Å²) in [4.78, 5) is 5.63. The van der Waals surface area contributed by atoms with Gasteiger partial charge in [-0.2, -0.15) is 0 Å². The van der Waals surface area contributed by atoms with Crippen LogP contribution in [0.3, 0.4) is 0 Å². The average Bonchev–Trinajstić information content (AvgIpc) is 3.17. The number of azide groups is 1. The molecule has 7 heteroatoms. The molecule has 3 unspecified atom stereocenters. The molecule has 2 aliphatic heterocycles. The quantitative estimate of drug-likeness (QED) is 0.127. The van der Waals surface area contributed by atoms with Crippen LogP contribution in [0.15, 0.2) is 47.6 Å². The second-order valence-corrected chi connectivity index (χ2v) is 9.11. The van der Waals surface area contributed by atoms with Crippen LogP contribution in [0.1, 0.15) is 47.3 Å². The molecule has 0 saturated carbocycles. The van der Waals surface area contributed by atoms with Gasteiger partial charge in [-0.1, -0.05) is 45.9 Å². The van der Waals surface area contributed by atoms with Crippen LogP contribution in [-0.4, -0.2) is 22.6 Å². The van der Waals surface area contributed by atoms with Gasteiger partial charge in [0.05, 0.1) is 6.04 Å². The van der Waals surface area contributed by atoms with Crippen LogP contribution in [0.5, 0.6) is 0 Å². The lowest BCUT2D eigenvalue weighted by Crippen LogP contribution is -2.34. The highest BCUT2D eigenvalue weighted by Gasteiger charge is 2.41. The zero-order chi connectivity index (χ0) is 20.8. The molecule has 5 rings (SSSR count). The zero-order valence-electron chi connectivity index (χ0n) is 16.8. The Morgan fingerprint density at radius 1 is 1.23 bits per heavy atom. The average molecular weight is 515 g/mol. The maximum Gasteiger partial charge on any atom is 0.123 e. The third-order valence-corrected chi connectivity index (χ3v) is 7.72. The van der Waals surface area contributed by atoms with E-state index in [-0.39, 0.29) is 11.9 Å². The van der Waals surface area contributed by atoms with E-state index in [1.54, 1.807) is 12.1 Å². The van der Waals surface area contributed by atoms with Gasteiger partial charge in [-0.25, -0.2) is 4.39 Å². The van der Waals surface area contributed by atoms with Crippen molar-refractivity contribution < 1.29 is 4.39 Å². The normalized spacial score (nSPS) is 21.4. The molecule has 3 atom stereocenters. The van der Waals surface area contributed by atoms with Gasteiger partial charge < -0.3 is 4.57 Å². The maximum absolute atomic E-state index is 13.4. The number of fused-ring (bicyclic) bond motifs is 6. The summed E-state index contributed by atoms with van der Waals surface area (Å²) in [7, 11) is 2.25. The molecular formula is C23H23FIN5. The standard InChI is InChI=1S/C23H23FIN5/c1-29-17-7-9-21(29)23-18-10-14(12-25)2-8-20(18)30(22(23)11-17)13-19(27-28-26)15-3-5-16(24)6-4-15/h2-6,8,10,17,19,21H,7,9,11-13H2,1H3. The highest BCUT2D eigenvalue weighted by atomic mass is 127. The van der Waals surface area contributed by atoms with Crippen molar-refractivity contribution in [3.8, 4) is 0 Å². The van der Waals surface area contributed by atoms with E-state index in [2.05, 4.69) is 67.3 Å². The van der Waals surface area contributed by atoms with Crippen LogP contribution in [0.2, 0.25) is 0 Å². The molecule has 154 valence electrons. The van der Waals surface area contributed by atoms with E-state index in [1.165, 1.54) is 52.7 Å². The number of halogens is 2. The third-order valence-electron chi connectivity index (χ3n) is 6.84. The fourth-order valence-corrected chi connectivity index (χ4v) is 5.80. The minimum Gasteiger partial charge on any atom is -0.343 e. The van der Waals surface area contributed by atoms with Gasteiger partial charge in [-0.15, -0.1) is 0 Å². The van der Waals surface area contributed by atoms with E-state index in [9.17, 15) is 9.92 Å². The molecule has 2 aromatic carbocycles. The van der Waals surface area contributed by atoms with Gasteiger partial charge in [-0.3, -0.25) is 4.90 Å². The Morgan fingerprint density at radius 2 is 2.03 bits per heavy atom. The van der Waals surface area contributed by atoms with Crippen molar-refractivity contribution in [2.24, 2.45) is 5.11 Å². The summed E-state index contributed by atoms with van der Waals surface area (Å²) in [6.45, 7) is 0.564. The number of hydrogen-bond acceptors (Lipinski definition) is 2. The summed E-state index contributed by atoms with van der Waals surface area (Å²) < 4.78 is 16.8. The van der Waals surface area contributed by atoms with Crippen LogP contribution < -0.4 is 0 Å². The van der Waals surface area contributed by atoms with Crippen LogP contribution in [0.25, 0.3) is 21.3 Å². The lowest BCUT2D eigenvalue weighted by molar-refractivity contribution is 0.221. The van der Waals surface area contributed by atoms with Crippen LogP contribution in [0.4, 0.5) is 4.39 Å². The fourth-order valence-electron chi connectivity index (χ4n) is 5.32. The lowest BCUT2D eigenvalue weighted by atomic mass is 9.97. The highest BCUT2D eigenvalue weighted by Crippen LogP contribution is 2.47. The first kappa shape index (κ1) is 19.8. The van der Waals surface area contributed by atoms with Crippen molar-refractivity contribution in [2.75, 3.05) is 7.05 Å². The van der Waals surface area contributed by atoms with Crippen molar-refractivity contribution in [3.63, 3.8) is 0 Å². The summed E-state index contributed by atoms with van der Waals surface area (Å²) in [6, 6.07) is 13.7. The van der Waals surface area contributed by atoms with Gasteiger partial charge in [0, 0.05) is 51.0 Å². The Morgan fingerprint density at radius 3 is 2.77 bits per heavy atom. The lowest BCUT2D eigenvalue weighted by Gasteiger charge is -2.32. The smallest absolute Gasteiger partial charge is 0.123 e. The predicted molar refractivity (Wildman–Crippen MR) is 125 cm³/mol. The first-order valence-electron chi connectivity index (χ1n) is 10.3. The van der Waals surface area contributed by atoms with Crippen molar-refractivity contribution in [2.45, 2.75) is 48.4 Å². The highest BCUT2D eigenvalue weighted by molar-refractivity contribution is 14.1. The Hall–Kier alpha value is -2.09. The van der Waals surface area contributed by atoms with Crippen molar-refractivity contribution in [1.82, 2.24) is 9.47 Å². The van der Waals surface area contributed by atoms with E-state index < -0.39 is 0 Å². The first-order valence-corrected chi connectivity index (χ1v) is 11.8. The number of nitrogens with zero attached hydrogens (tertiary/aromatic N) is 5. The van der Waals surface area contributed by atoms with Gasteiger partial charge in [0.15, 0.2) is 0 Å². The summed E-state index contributed by atoms with van der Waals surface area (Å²) >= 11 is 2.41.